The number of nitrogens with zero attached hydrogens (tertiary/aromatic N) is 4. The predicted octanol–water partition coefficient (Wildman–Crippen LogP) is 1.46. The van der Waals surface area contributed by atoms with Crippen molar-refractivity contribution in [3.63, 3.8) is 0 Å². The van der Waals surface area contributed by atoms with E-state index in [1.165, 1.54) is 0 Å². The van der Waals surface area contributed by atoms with Gasteiger partial charge in [0.15, 0.2) is 0 Å². The smallest absolute Gasteiger partial charge is 0.229 e. The van der Waals surface area contributed by atoms with Gasteiger partial charge in [-0.1, -0.05) is 23.4 Å². The van der Waals surface area contributed by atoms with Crippen molar-refractivity contribution in [2.24, 2.45) is 5.73 Å². The Hall–Kier alpha value is -2.21. The Kier molecular flexibility index (Phi) is 4.71. The second-order valence-corrected chi connectivity index (χ2v) is 6.02. The second kappa shape index (κ2) is 6.91. The number of likely N-dealkylation sites (tertiary alicyclic amines) is 1. The van der Waals surface area contributed by atoms with E-state index >= 15 is 0 Å². The van der Waals surface area contributed by atoms with E-state index in [2.05, 4.69) is 10.3 Å². The molecule has 122 valence electrons. The molecule has 1 aromatic carbocycles. The van der Waals surface area contributed by atoms with Gasteiger partial charge in [-0.25, -0.2) is 4.68 Å². The average Bonchev–Trinajstić information content (AvgIpc) is 2.96. The molecule has 2 N–H and O–H groups in total. The monoisotopic (exact) mass is 313 g/mol. The van der Waals surface area contributed by atoms with Gasteiger partial charge in [0.1, 0.15) is 0 Å². The second-order valence-electron chi connectivity index (χ2n) is 6.02. The number of para-hydroxylation sites is 1. The number of hydrogen-bond donors (Lipinski definition) is 1. The molecule has 1 aliphatic rings. The first kappa shape index (κ1) is 15.7. The molecule has 2 aromatic rings. The van der Waals surface area contributed by atoms with Gasteiger partial charge < -0.3 is 10.6 Å². The van der Waals surface area contributed by atoms with Crippen LogP contribution in [0.25, 0.3) is 5.69 Å². The molecule has 1 aliphatic heterocycles. The Morgan fingerprint density at radius 1 is 1.30 bits per heavy atom. The number of carbonyl (C=O) groups is 1. The fourth-order valence-electron chi connectivity index (χ4n) is 3.16. The number of benzene rings is 1. The highest BCUT2D eigenvalue weighted by Crippen LogP contribution is 2.18. The van der Waals surface area contributed by atoms with Gasteiger partial charge in [-0.05, 0) is 38.3 Å². The highest BCUT2D eigenvalue weighted by Gasteiger charge is 2.26. The largest absolute Gasteiger partial charge is 0.338 e. The quantitative estimate of drug-likeness (QED) is 0.927. The van der Waals surface area contributed by atoms with E-state index in [1.54, 1.807) is 4.68 Å². The van der Waals surface area contributed by atoms with Gasteiger partial charge in [-0.2, -0.15) is 0 Å². The summed E-state index contributed by atoms with van der Waals surface area (Å²) in [5.74, 6) is 0.100. The lowest BCUT2D eigenvalue weighted by atomic mass is 10.0. The maximum absolute atomic E-state index is 12.6. The molecule has 23 heavy (non-hydrogen) atoms. The van der Waals surface area contributed by atoms with Crippen LogP contribution in [0.4, 0.5) is 0 Å². The van der Waals surface area contributed by atoms with Crippen LogP contribution in [0.2, 0.25) is 0 Å². The minimum absolute atomic E-state index is 0.100. The van der Waals surface area contributed by atoms with Gasteiger partial charge in [0, 0.05) is 19.1 Å². The van der Waals surface area contributed by atoms with Crippen LogP contribution in [-0.4, -0.2) is 44.9 Å². The SMILES string of the molecule is Cc1c(CC(=O)N2CCCC[C@@H]2CN)nnn1-c1ccccc1. The third-order valence-corrected chi connectivity index (χ3v) is 4.53. The van der Waals surface area contributed by atoms with Crippen LogP contribution in [0.1, 0.15) is 30.7 Å². The molecule has 1 amide bonds. The van der Waals surface area contributed by atoms with E-state index in [1.807, 2.05) is 42.2 Å². The van der Waals surface area contributed by atoms with E-state index < -0.39 is 0 Å². The van der Waals surface area contributed by atoms with Crippen LogP contribution in [0, 0.1) is 6.92 Å². The van der Waals surface area contributed by atoms with Crippen LogP contribution in [0.3, 0.4) is 0 Å². The van der Waals surface area contributed by atoms with E-state index in [-0.39, 0.29) is 18.4 Å². The lowest BCUT2D eigenvalue weighted by molar-refractivity contribution is -0.133. The summed E-state index contributed by atoms with van der Waals surface area (Å²) in [7, 11) is 0. The number of carbonyl (C=O) groups excluding carboxylic acids is 1. The summed E-state index contributed by atoms with van der Waals surface area (Å²) >= 11 is 0. The van der Waals surface area contributed by atoms with Crippen molar-refractivity contribution in [3.8, 4) is 5.69 Å². The van der Waals surface area contributed by atoms with E-state index in [9.17, 15) is 4.79 Å². The van der Waals surface area contributed by atoms with E-state index in [0.717, 1.165) is 42.9 Å². The van der Waals surface area contributed by atoms with Crippen LogP contribution in [-0.2, 0) is 11.2 Å². The molecule has 0 bridgehead atoms. The van der Waals surface area contributed by atoms with Crippen LogP contribution in [0.5, 0.6) is 0 Å². The molecule has 0 unspecified atom stereocenters. The van der Waals surface area contributed by atoms with Gasteiger partial charge >= 0.3 is 0 Å². The molecular formula is C17H23N5O. The fraction of sp³-hybridized carbons (Fsp3) is 0.471. The minimum Gasteiger partial charge on any atom is -0.338 e. The van der Waals surface area contributed by atoms with Crippen LogP contribution >= 0.6 is 0 Å². The molecular weight excluding hydrogens is 290 g/mol. The first-order chi connectivity index (χ1) is 11.2. The molecule has 0 radical (unpaired) electrons. The van der Waals surface area contributed by atoms with Gasteiger partial charge in [0.2, 0.25) is 5.91 Å². The summed E-state index contributed by atoms with van der Waals surface area (Å²) < 4.78 is 1.78. The van der Waals surface area contributed by atoms with Gasteiger partial charge in [0.05, 0.1) is 23.5 Å². The van der Waals surface area contributed by atoms with Crippen LogP contribution < -0.4 is 5.73 Å². The molecule has 1 atom stereocenters. The average molecular weight is 313 g/mol. The van der Waals surface area contributed by atoms with Gasteiger partial charge in [-0.15, -0.1) is 5.10 Å². The molecule has 1 saturated heterocycles. The minimum atomic E-state index is 0.100. The first-order valence-corrected chi connectivity index (χ1v) is 8.17. The molecule has 0 spiro atoms. The van der Waals surface area contributed by atoms with Crippen molar-refractivity contribution in [1.29, 1.82) is 0 Å². The van der Waals surface area contributed by atoms with Crippen molar-refractivity contribution < 1.29 is 4.79 Å². The number of hydrogen-bond acceptors (Lipinski definition) is 4. The number of aromatic nitrogens is 3. The highest BCUT2D eigenvalue weighted by molar-refractivity contribution is 5.79. The third kappa shape index (κ3) is 3.27. The summed E-state index contributed by atoms with van der Waals surface area (Å²) in [5, 5.41) is 8.41. The number of rotatable bonds is 4. The lowest BCUT2D eigenvalue weighted by Crippen LogP contribution is -2.48. The lowest BCUT2D eigenvalue weighted by Gasteiger charge is -2.35. The topological polar surface area (TPSA) is 77.0 Å². The van der Waals surface area contributed by atoms with Crippen molar-refractivity contribution in [3.05, 3.63) is 41.7 Å². The van der Waals surface area contributed by atoms with E-state index in [4.69, 9.17) is 5.73 Å². The summed E-state index contributed by atoms with van der Waals surface area (Å²) in [4.78, 5) is 14.5. The standard InChI is InChI=1S/C17H23N5O/c1-13-16(19-20-22(13)14-7-3-2-4-8-14)11-17(23)21-10-6-5-9-15(21)12-18/h2-4,7-8,15H,5-6,9-12,18H2,1H3/t15-/m1/s1. The summed E-state index contributed by atoms with van der Waals surface area (Å²) in [6.45, 7) is 3.28. The number of amides is 1. The molecule has 2 heterocycles. The Morgan fingerprint density at radius 3 is 2.83 bits per heavy atom. The maximum Gasteiger partial charge on any atom is 0.229 e. The third-order valence-electron chi connectivity index (χ3n) is 4.53. The van der Waals surface area contributed by atoms with Crippen molar-refractivity contribution >= 4 is 5.91 Å². The fourth-order valence-corrected chi connectivity index (χ4v) is 3.16. The molecule has 6 nitrogen and oxygen atoms in total. The molecule has 0 aliphatic carbocycles. The zero-order valence-corrected chi connectivity index (χ0v) is 13.5. The van der Waals surface area contributed by atoms with Gasteiger partial charge in [0.25, 0.3) is 0 Å². The summed E-state index contributed by atoms with van der Waals surface area (Å²) in [5.41, 5.74) is 8.41. The first-order valence-electron chi connectivity index (χ1n) is 8.17. The number of nitrogens with two attached hydrogens (primary N) is 1. The van der Waals surface area contributed by atoms with Crippen LogP contribution in [0.15, 0.2) is 30.3 Å². The van der Waals surface area contributed by atoms with Crippen molar-refractivity contribution in [1.82, 2.24) is 19.9 Å². The van der Waals surface area contributed by atoms with E-state index in [0.29, 0.717) is 6.54 Å². The predicted molar refractivity (Wildman–Crippen MR) is 88.2 cm³/mol. The zero-order valence-electron chi connectivity index (χ0n) is 13.5. The Labute approximate surface area is 136 Å². The summed E-state index contributed by atoms with van der Waals surface area (Å²) in [6, 6.07) is 10.00. The molecule has 0 saturated carbocycles. The number of piperidine rings is 1. The molecule has 3 rings (SSSR count). The Bertz CT molecular complexity index is 667. The Morgan fingerprint density at radius 2 is 2.09 bits per heavy atom. The zero-order chi connectivity index (χ0) is 16.2. The van der Waals surface area contributed by atoms with Crippen molar-refractivity contribution in [2.45, 2.75) is 38.6 Å². The molecule has 1 fully saturated rings. The molecule has 6 heteroatoms. The maximum atomic E-state index is 12.6. The molecule has 1 aromatic heterocycles. The normalized spacial score (nSPS) is 18.2. The summed E-state index contributed by atoms with van der Waals surface area (Å²) in [6.07, 6.45) is 3.49. The highest BCUT2D eigenvalue weighted by atomic mass is 16.2. The van der Waals surface area contributed by atoms with Crippen molar-refractivity contribution in [2.75, 3.05) is 13.1 Å². The Balaban J connectivity index is 1.76. The van der Waals surface area contributed by atoms with Gasteiger partial charge in [-0.3, -0.25) is 4.79 Å².